The lowest BCUT2D eigenvalue weighted by atomic mass is 9.98. The van der Waals surface area contributed by atoms with Crippen LogP contribution in [0.15, 0.2) is 59.3 Å². The van der Waals surface area contributed by atoms with Crippen molar-refractivity contribution in [1.29, 1.82) is 0 Å². The molecule has 0 amide bonds. The number of allylic oxidation sites excluding steroid dienone is 1. The Morgan fingerprint density at radius 1 is 1.11 bits per heavy atom. The van der Waals surface area contributed by atoms with E-state index in [-0.39, 0.29) is 0 Å². The van der Waals surface area contributed by atoms with Crippen molar-refractivity contribution in [3.63, 3.8) is 0 Å². The predicted octanol–water partition coefficient (Wildman–Crippen LogP) is 5.06. The van der Waals surface area contributed by atoms with Gasteiger partial charge in [0.15, 0.2) is 0 Å². The average Bonchev–Trinajstić information content (AvgIpc) is 2.42. The number of nitrogens with zero attached hydrogens (tertiary/aromatic N) is 1. The highest BCUT2D eigenvalue weighted by molar-refractivity contribution is 9.10. The molecule has 0 radical (unpaired) electrons. The largest absolute Gasteiger partial charge is 0.264 e. The number of rotatable bonds is 4. The lowest BCUT2D eigenvalue weighted by molar-refractivity contribution is 1.25. The van der Waals surface area contributed by atoms with E-state index in [0.29, 0.717) is 0 Å². The van der Waals surface area contributed by atoms with Gasteiger partial charge in [0.05, 0.1) is 0 Å². The average molecular weight is 367 g/mol. The van der Waals surface area contributed by atoms with Crippen molar-refractivity contribution in [2.24, 2.45) is 0 Å². The van der Waals surface area contributed by atoms with Crippen LogP contribution >= 0.6 is 31.9 Å². The van der Waals surface area contributed by atoms with E-state index in [1.54, 1.807) is 6.20 Å². The maximum absolute atomic E-state index is 4.19. The fourth-order valence-electron chi connectivity index (χ4n) is 1.75. The second-order valence-corrected chi connectivity index (χ2v) is 5.55. The molecule has 1 aromatic carbocycles. The molecular formula is C15H13Br2N. The van der Waals surface area contributed by atoms with Gasteiger partial charge in [-0.1, -0.05) is 56.1 Å². The summed E-state index contributed by atoms with van der Waals surface area (Å²) in [6.45, 7) is 0. The smallest absolute Gasteiger partial charge is 0.0346 e. The van der Waals surface area contributed by atoms with Gasteiger partial charge in [-0.2, -0.15) is 0 Å². The summed E-state index contributed by atoms with van der Waals surface area (Å²) in [5, 5.41) is 0.966. The van der Waals surface area contributed by atoms with Crippen LogP contribution in [0.5, 0.6) is 0 Å². The highest BCUT2D eigenvalue weighted by Gasteiger charge is 2.04. The van der Waals surface area contributed by atoms with Crippen LogP contribution in [0.25, 0.3) is 5.57 Å². The number of hydrogen-bond donors (Lipinski definition) is 0. The maximum atomic E-state index is 4.19. The Morgan fingerprint density at radius 3 is 2.50 bits per heavy atom. The zero-order valence-electron chi connectivity index (χ0n) is 9.81. The molecule has 0 N–H and O–H groups in total. The lowest BCUT2D eigenvalue weighted by Gasteiger charge is -2.08. The Hall–Kier alpha value is -0.930. The lowest BCUT2D eigenvalue weighted by Crippen LogP contribution is -1.89. The van der Waals surface area contributed by atoms with E-state index < -0.39 is 0 Å². The monoisotopic (exact) mass is 365 g/mol. The Bertz CT molecular complexity index is 518. The summed E-state index contributed by atoms with van der Waals surface area (Å²) in [6, 6.07) is 12.4. The van der Waals surface area contributed by atoms with E-state index in [1.165, 1.54) is 11.1 Å². The quantitative estimate of drug-likeness (QED) is 0.689. The highest BCUT2D eigenvalue weighted by Crippen LogP contribution is 2.24. The van der Waals surface area contributed by atoms with Crippen LogP contribution < -0.4 is 0 Å². The van der Waals surface area contributed by atoms with Crippen molar-refractivity contribution >= 4 is 37.4 Å². The molecule has 0 saturated carbocycles. The van der Waals surface area contributed by atoms with Gasteiger partial charge < -0.3 is 0 Å². The molecule has 1 nitrogen and oxygen atoms in total. The maximum Gasteiger partial charge on any atom is 0.0346 e. The molecule has 18 heavy (non-hydrogen) atoms. The number of aromatic nitrogens is 1. The summed E-state index contributed by atoms with van der Waals surface area (Å²) >= 11 is 6.93. The fourth-order valence-corrected chi connectivity index (χ4v) is 2.25. The van der Waals surface area contributed by atoms with Crippen LogP contribution in [0.1, 0.15) is 17.5 Å². The zero-order chi connectivity index (χ0) is 12.8. The van der Waals surface area contributed by atoms with E-state index in [9.17, 15) is 0 Å². The molecule has 1 aromatic heterocycles. The molecule has 0 atom stereocenters. The van der Waals surface area contributed by atoms with Crippen LogP contribution in [-0.4, -0.2) is 10.3 Å². The molecule has 0 bridgehead atoms. The van der Waals surface area contributed by atoms with Crippen molar-refractivity contribution in [1.82, 2.24) is 4.98 Å². The van der Waals surface area contributed by atoms with Gasteiger partial charge in [0.2, 0.25) is 0 Å². The molecule has 2 aromatic rings. The third kappa shape index (κ3) is 3.53. The number of benzene rings is 1. The summed E-state index contributed by atoms with van der Waals surface area (Å²) in [5.74, 6) is 0. The summed E-state index contributed by atoms with van der Waals surface area (Å²) in [4.78, 5) is 4.19. The molecule has 2 rings (SSSR count). The van der Waals surface area contributed by atoms with Crippen molar-refractivity contribution in [3.05, 3.63) is 70.5 Å². The fraction of sp³-hybridized carbons (Fsp3) is 0.133. The van der Waals surface area contributed by atoms with Gasteiger partial charge in [0, 0.05) is 27.8 Å². The number of pyridine rings is 1. The van der Waals surface area contributed by atoms with Gasteiger partial charge >= 0.3 is 0 Å². The molecule has 0 saturated heterocycles. The molecule has 0 fully saturated rings. The van der Waals surface area contributed by atoms with Gasteiger partial charge in [-0.15, -0.1) is 0 Å². The van der Waals surface area contributed by atoms with E-state index >= 15 is 0 Å². The molecule has 0 aliphatic carbocycles. The van der Waals surface area contributed by atoms with E-state index in [0.717, 1.165) is 21.8 Å². The Balaban J connectivity index is 2.40. The molecule has 3 heteroatoms. The van der Waals surface area contributed by atoms with Crippen molar-refractivity contribution in [3.8, 4) is 0 Å². The van der Waals surface area contributed by atoms with Crippen LogP contribution in [0, 0.1) is 0 Å². The van der Waals surface area contributed by atoms with Gasteiger partial charge in [-0.3, -0.25) is 4.98 Å². The third-order valence-electron chi connectivity index (χ3n) is 2.59. The van der Waals surface area contributed by atoms with Crippen LogP contribution in [0.4, 0.5) is 0 Å². The van der Waals surface area contributed by atoms with Crippen LogP contribution in [0.3, 0.4) is 0 Å². The molecule has 0 unspecified atom stereocenters. The molecule has 92 valence electrons. The molecular weight excluding hydrogens is 354 g/mol. The Labute approximate surface area is 124 Å². The molecule has 1 heterocycles. The Morgan fingerprint density at radius 2 is 1.89 bits per heavy atom. The minimum absolute atomic E-state index is 0.966. The molecule has 0 aliphatic heterocycles. The standard InChI is InChI=1S/C15H13Br2N/c16-9-1-4-15(13-3-2-10-18-11-13)12-5-7-14(17)8-6-12/h2-8,10-11H,1,9H2/b15-4+. The van der Waals surface area contributed by atoms with Crippen LogP contribution in [0.2, 0.25) is 0 Å². The zero-order valence-corrected chi connectivity index (χ0v) is 13.0. The third-order valence-corrected chi connectivity index (χ3v) is 3.57. The van der Waals surface area contributed by atoms with Gasteiger partial charge in [0.1, 0.15) is 0 Å². The predicted molar refractivity (Wildman–Crippen MR) is 83.9 cm³/mol. The summed E-state index contributed by atoms with van der Waals surface area (Å²) in [6.07, 6.45) is 6.95. The first-order chi connectivity index (χ1) is 8.81. The van der Waals surface area contributed by atoms with E-state index in [4.69, 9.17) is 0 Å². The summed E-state index contributed by atoms with van der Waals surface area (Å²) in [7, 11) is 0. The summed E-state index contributed by atoms with van der Waals surface area (Å²) in [5.41, 5.74) is 3.60. The normalized spacial score (nSPS) is 11.6. The van der Waals surface area contributed by atoms with Gasteiger partial charge in [-0.25, -0.2) is 0 Å². The number of hydrogen-bond acceptors (Lipinski definition) is 1. The van der Waals surface area contributed by atoms with Gasteiger partial charge in [-0.05, 0) is 35.8 Å². The molecule has 0 spiro atoms. The van der Waals surface area contributed by atoms with Crippen molar-refractivity contribution in [2.45, 2.75) is 6.42 Å². The second-order valence-electron chi connectivity index (χ2n) is 3.84. The van der Waals surface area contributed by atoms with Crippen LogP contribution in [-0.2, 0) is 0 Å². The number of halogens is 2. The SMILES string of the molecule is BrCC/C=C(\c1ccc(Br)cc1)c1cccnc1. The molecule has 0 aliphatic rings. The highest BCUT2D eigenvalue weighted by atomic mass is 79.9. The Kier molecular flexibility index (Phi) is 5.14. The summed E-state index contributed by atoms with van der Waals surface area (Å²) < 4.78 is 1.09. The van der Waals surface area contributed by atoms with Crippen molar-refractivity contribution in [2.75, 3.05) is 5.33 Å². The first kappa shape index (κ1) is 13.5. The minimum atomic E-state index is 0.966. The second kappa shape index (κ2) is 6.86. The van der Waals surface area contributed by atoms with E-state index in [1.807, 2.05) is 12.3 Å². The number of alkyl halides is 1. The van der Waals surface area contributed by atoms with Gasteiger partial charge in [0.25, 0.3) is 0 Å². The first-order valence-electron chi connectivity index (χ1n) is 5.73. The minimum Gasteiger partial charge on any atom is -0.264 e. The van der Waals surface area contributed by atoms with Crippen molar-refractivity contribution < 1.29 is 0 Å². The van der Waals surface area contributed by atoms with E-state index in [2.05, 4.69) is 73.3 Å². The first-order valence-corrected chi connectivity index (χ1v) is 7.65. The topological polar surface area (TPSA) is 12.9 Å².